The first-order chi connectivity index (χ1) is 5.15. The van der Waals surface area contributed by atoms with Gasteiger partial charge in [0.25, 0.3) is 0 Å². The van der Waals surface area contributed by atoms with Crippen LogP contribution in [0.3, 0.4) is 0 Å². The maximum Gasteiger partial charge on any atom is 0.172 e. The molecule has 0 N–H and O–H groups in total. The van der Waals surface area contributed by atoms with Crippen LogP contribution in [0.15, 0.2) is 6.07 Å². The summed E-state index contributed by atoms with van der Waals surface area (Å²) in [5.41, 5.74) is 0. The van der Waals surface area contributed by atoms with E-state index in [4.69, 9.17) is 16.3 Å². The van der Waals surface area contributed by atoms with E-state index >= 15 is 0 Å². The van der Waals surface area contributed by atoms with Crippen molar-refractivity contribution in [3.8, 4) is 5.75 Å². The van der Waals surface area contributed by atoms with Crippen molar-refractivity contribution in [3.05, 3.63) is 20.7 Å². The Labute approximate surface area is 81.9 Å². The number of hydrogen-bond acceptors (Lipinski definition) is 2. The van der Waals surface area contributed by atoms with E-state index in [-0.39, 0.29) is 14.6 Å². The molecule has 60 valence electrons. The van der Waals surface area contributed by atoms with Crippen LogP contribution in [0.25, 0.3) is 0 Å². The first-order valence-corrected chi connectivity index (χ1v) is 4.16. The van der Waals surface area contributed by atoms with Crippen molar-refractivity contribution in [1.82, 2.24) is 4.98 Å². The highest BCUT2D eigenvalue weighted by molar-refractivity contribution is 14.1. The predicted octanol–water partition coefficient (Wildman–Crippen LogP) is 2.49. The molecule has 5 heteroatoms. The van der Waals surface area contributed by atoms with E-state index < -0.39 is 5.82 Å². The minimum atomic E-state index is -0.424. The van der Waals surface area contributed by atoms with E-state index in [1.165, 1.54) is 13.2 Å². The summed E-state index contributed by atoms with van der Waals surface area (Å²) in [6, 6.07) is 1.21. The molecule has 2 nitrogen and oxygen atoms in total. The molecule has 0 aromatic carbocycles. The molecule has 1 rings (SSSR count). The van der Waals surface area contributed by atoms with Gasteiger partial charge in [0, 0.05) is 6.07 Å². The van der Waals surface area contributed by atoms with Crippen molar-refractivity contribution in [2.75, 3.05) is 7.11 Å². The fraction of sp³-hybridized carbons (Fsp3) is 0.167. The predicted molar refractivity (Wildman–Crippen MR) is 48.5 cm³/mol. The number of rotatable bonds is 1. The topological polar surface area (TPSA) is 22.1 Å². The van der Waals surface area contributed by atoms with E-state index in [2.05, 4.69) is 4.98 Å². The molecule has 11 heavy (non-hydrogen) atoms. The SMILES string of the molecule is COc1cc(F)c(I)nc1Cl. The fourth-order valence-electron chi connectivity index (χ4n) is 0.572. The van der Waals surface area contributed by atoms with E-state index in [1.807, 2.05) is 0 Å². The summed E-state index contributed by atoms with van der Waals surface area (Å²) in [6.45, 7) is 0. The molecule has 1 aromatic heterocycles. The number of halogens is 3. The van der Waals surface area contributed by atoms with Crippen LogP contribution in [0.4, 0.5) is 4.39 Å². The first-order valence-electron chi connectivity index (χ1n) is 2.70. The van der Waals surface area contributed by atoms with Gasteiger partial charge in [-0.1, -0.05) is 11.6 Å². The summed E-state index contributed by atoms with van der Waals surface area (Å²) in [6.07, 6.45) is 0. The molecule has 0 aliphatic carbocycles. The summed E-state index contributed by atoms with van der Waals surface area (Å²) in [7, 11) is 1.41. The molecular weight excluding hydrogens is 283 g/mol. The van der Waals surface area contributed by atoms with Gasteiger partial charge in [0.1, 0.15) is 3.70 Å². The van der Waals surface area contributed by atoms with Gasteiger partial charge in [0.2, 0.25) is 0 Å². The van der Waals surface area contributed by atoms with Crippen LogP contribution in [0.1, 0.15) is 0 Å². The van der Waals surface area contributed by atoms with Gasteiger partial charge >= 0.3 is 0 Å². The summed E-state index contributed by atoms with van der Waals surface area (Å²) in [4.78, 5) is 3.70. The Kier molecular flexibility index (Phi) is 2.89. The lowest BCUT2D eigenvalue weighted by Crippen LogP contribution is -1.92. The lowest BCUT2D eigenvalue weighted by Gasteiger charge is -2.01. The standard InChI is InChI=1S/C6H4ClFINO/c1-11-4-2-3(8)6(9)10-5(4)7/h2H,1H3. The number of pyridine rings is 1. The summed E-state index contributed by atoms with van der Waals surface area (Å²) in [5.74, 6) is -0.170. The van der Waals surface area contributed by atoms with Crippen LogP contribution >= 0.6 is 34.2 Å². The summed E-state index contributed by atoms with van der Waals surface area (Å²) in [5, 5.41) is 0.179. The molecule has 0 fully saturated rings. The van der Waals surface area contributed by atoms with Gasteiger partial charge in [-0.3, -0.25) is 0 Å². The van der Waals surface area contributed by atoms with Crippen LogP contribution in [0.2, 0.25) is 5.15 Å². The second kappa shape index (κ2) is 3.53. The quantitative estimate of drug-likeness (QED) is 0.585. The van der Waals surface area contributed by atoms with Gasteiger partial charge in [-0.05, 0) is 22.6 Å². The van der Waals surface area contributed by atoms with Gasteiger partial charge < -0.3 is 4.74 Å². The molecule has 0 aliphatic heterocycles. The fourth-order valence-corrected chi connectivity index (χ4v) is 1.33. The summed E-state index contributed by atoms with van der Waals surface area (Å²) < 4.78 is 17.7. The minimum absolute atomic E-state index is 0.179. The van der Waals surface area contributed by atoms with Gasteiger partial charge in [0.05, 0.1) is 7.11 Å². The Morgan fingerprint density at radius 3 is 2.91 bits per heavy atom. The highest BCUT2D eigenvalue weighted by atomic mass is 127. The Morgan fingerprint density at radius 1 is 1.73 bits per heavy atom. The van der Waals surface area contributed by atoms with Crippen molar-refractivity contribution in [2.24, 2.45) is 0 Å². The number of aromatic nitrogens is 1. The minimum Gasteiger partial charge on any atom is -0.493 e. The molecule has 0 saturated carbocycles. The maximum atomic E-state index is 12.7. The zero-order valence-corrected chi connectivity index (χ0v) is 8.48. The Morgan fingerprint density at radius 2 is 2.36 bits per heavy atom. The van der Waals surface area contributed by atoms with Gasteiger partial charge in [-0.25, -0.2) is 9.37 Å². The third-order valence-corrected chi connectivity index (χ3v) is 2.10. The normalized spacial score (nSPS) is 9.82. The molecule has 0 spiro atoms. The zero-order chi connectivity index (χ0) is 8.43. The smallest absolute Gasteiger partial charge is 0.172 e. The van der Waals surface area contributed by atoms with Crippen LogP contribution in [0.5, 0.6) is 5.75 Å². The maximum absolute atomic E-state index is 12.7. The molecule has 0 saturated heterocycles. The van der Waals surface area contributed by atoms with Crippen molar-refractivity contribution in [3.63, 3.8) is 0 Å². The molecule has 0 aliphatic rings. The zero-order valence-electron chi connectivity index (χ0n) is 5.57. The van der Waals surface area contributed by atoms with Crippen molar-refractivity contribution in [2.45, 2.75) is 0 Å². The lowest BCUT2D eigenvalue weighted by molar-refractivity contribution is 0.408. The second-order valence-electron chi connectivity index (χ2n) is 1.75. The largest absolute Gasteiger partial charge is 0.493 e. The van der Waals surface area contributed by atoms with Crippen molar-refractivity contribution >= 4 is 34.2 Å². The molecule has 1 heterocycles. The highest BCUT2D eigenvalue weighted by Gasteiger charge is 2.07. The van der Waals surface area contributed by atoms with E-state index in [9.17, 15) is 4.39 Å². The van der Waals surface area contributed by atoms with E-state index in [0.717, 1.165) is 0 Å². The average molecular weight is 287 g/mol. The second-order valence-corrected chi connectivity index (χ2v) is 3.13. The highest BCUT2D eigenvalue weighted by Crippen LogP contribution is 2.24. The van der Waals surface area contributed by atoms with Gasteiger partial charge in [0.15, 0.2) is 16.7 Å². The molecule has 0 bridgehead atoms. The van der Waals surface area contributed by atoms with Gasteiger partial charge in [-0.2, -0.15) is 0 Å². The molecule has 0 amide bonds. The number of methoxy groups -OCH3 is 1. The third kappa shape index (κ3) is 1.93. The number of ether oxygens (including phenoxy) is 1. The van der Waals surface area contributed by atoms with E-state index in [1.54, 1.807) is 22.6 Å². The monoisotopic (exact) mass is 287 g/mol. The summed E-state index contributed by atoms with van der Waals surface area (Å²) >= 11 is 7.35. The Balaban J connectivity index is 3.21. The molecule has 0 atom stereocenters. The van der Waals surface area contributed by atoms with Crippen LogP contribution in [-0.4, -0.2) is 12.1 Å². The Bertz CT molecular complexity index is 282. The molecule has 1 aromatic rings. The van der Waals surface area contributed by atoms with E-state index in [0.29, 0.717) is 0 Å². The molecule has 0 radical (unpaired) electrons. The first kappa shape index (κ1) is 8.99. The van der Waals surface area contributed by atoms with Crippen LogP contribution in [0, 0.1) is 9.52 Å². The lowest BCUT2D eigenvalue weighted by atomic mass is 10.4. The van der Waals surface area contributed by atoms with Gasteiger partial charge in [-0.15, -0.1) is 0 Å². The van der Waals surface area contributed by atoms with Crippen molar-refractivity contribution in [1.29, 1.82) is 0 Å². The van der Waals surface area contributed by atoms with Crippen LogP contribution < -0.4 is 4.74 Å². The van der Waals surface area contributed by atoms with Crippen LogP contribution in [-0.2, 0) is 0 Å². The molecule has 0 unspecified atom stereocenters. The average Bonchev–Trinajstić information content (AvgIpc) is 1.97. The number of nitrogens with zero attached hydrogens (tertiary/aromatic N) is 1. The Hall–Kier alpha value is -0.100. The number of hydrogen-bond donors (Lipinski definition) is 0. The van der Waals surface area contributed by atoms with Crippen molar-refractivity contribution < 1.29 is 9.13 Å². The molecular formula is C6H4ClFINO. The third-order valence-electron chi connectivity index (χ3n) is 1.07.